The van der Waals surface area contributed by atoms with Gasteiger partial charge in [-0.1, -0.05) is 34.1 Å². The van der Waals surface area contributed by atoms with Crippen molar-refractivity contribution in [2.24, 2.45) is 40.1 Å². The maximum absolute atomic E-state index is 6.38. The van der Waals surface area contributed by atoms with Crippen LogP contribution in [0, 0.1) is 28.6 Å². The second-order valence-corrected chi connectivity index (χ2v) is 7.50. The zero-order chi connectivity index (χ0) is 12.8. The second-order valence-electron chi connectivity index (χ2n) is 7.50. The van der Waals surface area contributed by atoms with Crippen molar-refractivity contribution in [3.8, 4) is 0 Å². The summed E-state index contributed by atoms with van der Waals surface area (Å²) in [4.78, 5) is 0. The van der Waals surface area contributed by atoms with Crippen LogP contribution in [0.2, 0.25) is 0 Å². The predicted molar refractivity (Wildman–Crippen MR) is 73.5 cm³/mol. The van der Waals surface area contributed by atoms with E-state index >= 15 is 0 Å². The molecule has 2 aliphatic rings. The van der Waals surface area contributed by atoms with E-state index in [1.165, 1.54) is 25.7 Å². The number of hydrogen-bond donors (Lipinski definition) is 2. The number of fused-ring (bicyclic) bond motifs is 1. The molecule has 2 saturated carbocycles. The fraction of sp³-hybridized carbons (Fsp3) is 1.00. The third-order valence-corrected chi connectivity index (χ3v) is 6.19. The number of rotatable bonds is 1. The molecule has 0 aromatic rings. The Kier molecular flexibility index (Phi) is 3.33. The van der Waals surface area contributed by atoms with E-state index in [0.29, 0.717) is 28.7 Å². The molecule has 0 aromatic heterocycles. The van der Waals surface area contributed by atoms with Gasteiger partial charge in [-0.3, -0.25) is 0 Å². The summed E-state index contributed by atoms with van der Waals surface area (Å²) in [5, 5.41) is 0. The SMILES string of the molecule is C[C@@H]1[C@H](N)CC2C(C)(C)CCC[C@]2(C)[C@H]1CN. The standard InChI is InChI=1S/C15H30N2/c1-10-11(9-16)15(4)7-5-6-14(2,3)13(15)8-12(10)17/h10-13H,5-9,16-17H2,1-4H3/t10-,11-,12+,13?,15+/m0/s1. The lowest BCUT2D eigenvalue weighted by atomic mass is 9.46. The molecular formula is C15H30N2. The van der Waals surface area contributed by atoms with Gasteiger partial charge in [-0.15, -0.1) is 0 Å². The highest BCUT2D eigenvalue weighted by Crippen LogP contribution is 2.60. The summed E-state index contributed by atoms with van der Waals surface area (Å²) in [5.74, 6) is 1.94. The molecular weight excluding hydrogens is 208 g/mol. The molecule has 0 amide bonds. The van der Waals surface area contributed by atoms with Gasteiger partial charge in [-0.25, -0.2) is 0 Å². The molecule has 17 heavy (non-hydrogen) atoms. The molecule has 100 valence electrons. The molecule has 2 nitrogen and oxygen atoms in total. The van der Waals surface area contributed by atoms with E-state index in [2.05, 4.69) is 27.7 Å². The van der Waals surface area contributed by atoms with Crippen molar-refractivity contribution in [1.82, 2.24) is 0 Å². The minimum absolute atomic E-state index is 0.346. The minimum atomic E-state index is 0.346. The molecule has 0 aromatic carbocycles. The van der Waals surface area contributed by atoms with Gasteiger partial charge in [0.25, 0.3) is 0 Å². The summed E-state index contributed by atoms with van der Waals surface area (Å²) in [6.07, 6.45) is 5.26. The molecule has 5 atom stereocenters. The molecule has 0 bridgehead atoms. The fourth-order valence-electron chi connectivity index (χ4n) is 5.07. The Hall–Kier alpha value is -0.0800. The van der Waals surface area contributed by atoms with Gasteiger partial charge in [0.15, 0.2) is 0 Å². The molecule has 0 radical (unpaired) electrons. The first kappa shape index (κ1) is 13.4. The normalized spacial score (nSPS) is 49.8. The Morgan fingerprint density at radius 2 is 1.82 bits per heavy atom. The lowest BCUT2D eigenvalue weighted by molar-refractivity contribution is -0.0970. The Balaban J connectivity index is 2.36. The number of hydrogen-bond acceptors (Lipinski definition) is 2. The second kappa shape index (κ2) is 4.24. The van der Waals surface area contributed by atoms with Crippen LogP contribution in [0.15, 0.2) is 0 Å². The van der Waals surface area contributed by atoms with Crippen molar-refractivity contribution < 1.29 is 0 Å². The van der Waals surface area contributed by atoms with Gasteiger partial charge >= 0.3 is 0 Å². The van der Waals surface area contributed by atoms with Crippen molar-refractivity contribution in [3.05, 3.63) is 0 Å². The van der Waals surface area contributed by atoms with Crippen LogP contribution in [0.4, 0.5) is 0 Å². The highest BCUT2D eigenvalue weighted by molar-refractivity contribution is 5.06. The zero-order valence-electron chi connectivity index (χ0n) is 12.0. The van der Waals surface area contributed by atoms with Gasteiger partial charge in [-0.2, -0.15) is 0 Å². The van der Waals surface area contributed by atoms with Gasteiger partial charge < -0.3 is 11.5 Å². The average molecular weight is 238 g/mol. The molecule has 2 fully saturated rings. The summed E-state index contributed by atoms with van der Waals surface area (Å²) in [7, 11) is 0. The van der Waals surface area contributed by atoms with Crippen molar-refractivity contribution in [1.29, 1.82) is 0 Å². The Morgan fingerprint density at radius 3 is 2.41 bits per heavy atom. The zero-order valence-corrected chi connectivity index (χ0v) is 12.0. The first-order valence-corrected chi connectivity index (χ1v) is 7.28. The highest BCUT2D eigenvalue weighted by atomic mass is 14.7. The molecule has 0 spiro atoms. The first-order chi connectivity index (χ1) is 7.83. The fourth-order valence-corrected chi connectivity index (χ4v) is 5.07. The lowest BCUT2D eigenvalue weighted by Crippen LogP contribution is -2.58. The van der Waals surface area contributed by atoms with Crippen LogP contribution in [-0.2, 0) is 0 Å². The monoisotopic (exact) mass is 238 g/mol. The highest BCUT2D eigenvalue weighted by Gasteiger charge is 2.55. The Morgan fingerprint density at radius 1 is 1.18 bits per heavy atom. The van der Waals surface area contributed by atoms with Gasteiger partial charge in [0.1, 0.15) is 0 Å². The van der Waals surface area contributed by atoms with Crippen LogP contribution in [-0.4, -0.2) is 12.6 Å². The Labute approximate surface area is 107 Å². The van der Waals surface area contributed by atoms with Crippen molar-refractivity contribution in [2.45, 2.75) is 59.4 Å². The summed E-state index contributed by atoms with van der Waals surface area (Å²) in [6, 6.07) is 0.346. The van der Waals surface area contributed by atoms with E-state index in [-0.39, 0.29) is 0 Å². The van der Waals surface area contributed by atoms with Crippen molar-refractivity contribution >= 4 is 0 Å². The van der Waals surface area contributed by atoms with Crippen LogP contribution in [0.25, 0.3) is 0 Å². The molecule has 4 N–H and O–H groups in total. The quantitative estimate of drug-likeness (QED) is 0.738. The number of nitrogens with two attached hydrogens (primary N) is 2. The predicted octanol–water partition coefficient (Wildman–Crippen LogP) is 2.76. The van der Waals surface area contributed by atoms with Gasteiger partial charge in [0, 0.05) is 6.04 Å². The average Bonchev–Trinajstić information content (AvgIpc) is 2.22. The lowest BCUT2D eigenvalue weighted by Gasteiger charge is -2.60. The van der Waals surface area contributed by atoms with Crippen molar-refractivity contribution in [2.75, 3.05) is 6.54 Å². The van der Waals surface area contributed by atoms with Crippen molar-refractivity contribution in [3.63, 3.8) is 0 Å². The third kappa shape index (κ3) is 1.94. The van der Waals surface area contributed by atoms with Gasteiger partial charge in [0.2, 0.25) is 0 Å². The first-order valence-electron chi connectivity index (χ1n) is 7.28. The molecule has 2 heteroatoms. The molecule has 0 saturated heterocycles. The van der Waals surface area contributed by atoms with E-state index in [0.717, 1.165) is 12.5 Å². The molecule has 0 aliphatic heterocycles. The van der Waals surface area contributed by atoms with Crippen LogP contribution in [0.1, 0.15) is 53.4 Å². The summed E-state index contributed by atoms with van der Waals surface area (Å²) < 4.78 is 0. The van der Waals surface area contributed by atoms with E-state index in [4.69, 9.17) is 11.5 Å². The summed E-state index contributed by atoms with van der Waals surface area (Å²) in [5.41, 5.74) is 13.3. The maximum atomic E-state index is 6.38. The summed E-state index contributed by atoms with van der Waals surface area (Å²) >= 11 is 0. The van der Waals surface area contributed by atoms with Gasteiger partial charge in [0.05, 0.1) is 0 Å². The van der Waals surface area contributed by atoms with Crippen LogP contribution < -0.4 is 11.5 Å². The van der Waals surface area contributed by atoms with Gasteiger partial charge in [-0.05, 0) is 54.4 Å². The van der Waals surface area contributed by atoms with Crippen LogP contribution >= 0.6 is 0 Å². The van der Waals surface area contributed by atoms with E-state index < -0.39 is 0 Å². The largest absolute Gasteiger partial charge is 0.330 e. The minimum Gasteiger partial charge on any atom is -0.330 e. The smallest absolute Gasteiger partial charge is 0.00708 e. The summed E-state index contributed by atoms with van der Waals surface area (Å²) in [6.45, 7) is 10.5. The van der Waals surface area contributed by atoms with E-state index in [1.54, 1.807) is 0 Å². The molecule has 2 aliphatic carbocycles. The van der Waals surface area contributed by atoms with E-state index in [9.17, 15) is 0 Å². The third-order valence-electron chi connectivity index (χ3n) is 6.19. The van der Waals surface area contributed by atoms with E-state index in [1.807, 2.05) is 0 Å². The molecule has 1 unspecified atom stereocenters. The van der Waals surface area contributed by atoms with Crippen LogP contribution in [0.3, 0.4) is 0 Å². The van der Waals surface area contributed by atoms with Crippen LogP contribution in [0.5, 0.6) is 0 Å². The topological polar surface area (TPSA) is 52.0 Å². The Bertz CT molecular complexity index is 287. The molecule has 2 rings (SSSR count). The maximum Gasteiger partial charge on any atom is 0.00708 e. The molecule has 0 heterocycles.